The third kappa shape index (κ3) is 5.00. The first kappa shape index (κ1) is 19.2. The molecule has 0 aliphatic rings. The fourth-order valence-electron chi connectivity index (χ4n) is 2.71. The zero-order valence-corrected chi connectivity index (χ0v) is 15.9. The summed E-state index contributed by atoms with van der Waals surface area (Å²) in [6.07, 6.45) is 0.234. The summed E-state index contributed by atoms with van der Waals surface area (Å²) in [5.41, 5.74) is 1.65. The number of carboxylic acids is 1. The molecule has 0 bridgehead atoms. The minimum absolute atomic E-state index is 0.00557. The Hall–Kier alpha value is -2.56. The molecule has 3 rings (SSSR count). The van der Waals surface area contributed by atoms with Crippen LogP contribution in [0.25, 0.3) is 0 Å². The molecule has 0 spiro atoms. The third-order valence-corrected chi connectivity index (χ3v) is 5.67. The summed E-state index contributed by atoms with van der Waals surface area (Å²) in [6, 6.07) is 23.0. The number of ketones is 1. The lowest BCUT2D eigenvalue weighted by atomic mass is 10.0. The summed E-state index contributed by atoms with van der Waals surface area (Å²) < 4.78 is 0. The average molecular weight is 396 g/mol. The molecule has 0 aliphatic carbocycles. The Labute approximate surface area is 167 Å². The topological polar surface area (TPSA) is 57.2 Å². The van der Waals surface area contributed by atoms with E-state index < -0.39 is 5.97 Å². The lowest BCUT2D eigenvalue weighted by Gasteiger charge is -2.19. The smallest absolute Gasteiger partial charge is 0.164 e. The summed E-state index contributed by atoms with van der Waals surface area (Å²) in [4.78, 5) is 24.7. The Bertz CT molecular complexity index is 939. The zero-order chi connectivity index (χ0) is 19.2. The molecule has 0 fully saturated rings. The first-order valence-electron chi connectivity index (χ1n) is 8.35. The van der Waals surface area contributed by atoms with Crippen molar-refractivity contribution in [3.05, 3.63) is 101 Å². The van der Waals surface area contributed by atoms with Gasteiger partial charge in [-0.3, -0.25) is 4.79 Å². The van der Waals surface area contributed by atoms with E-state index in [1.165, 1.54) is 17.8 Å². The normalized spacial score (nSPS) is 11.7. The first-order chi connectivity index (χ1) is 13.0. The van der Waals surface area contributed by atoms with Crippen LogP contribution in [-0.2, 0) is 0 Å². The number of hydrogen-bond donors (Lipinski definition) is 0. The van der Waals surface area contributed by atoms with Crippen LogP contribution >= 0.6 is 23.4 Å². The van der Waals surface area contributed by atoms with Gasteiger partial charge in [-0.15, -0.1) is 11.8 Å². The lowest BCUT2D eigenvalue weighted by Crippen LogP contribution is -2.23. The van der Waals surface area contributed by atoms with E-state index in [0.717, 1.165) is 5.56 Å². The maximum absolute atomic E-state index is 12.7. The summed E-state index contributed by atoms with van der Waals surface area (Å²) >= 11 is 7.33. The Morgan fingerprint density at radius 1 is 0.889 bits per heavy atom. The van der Waals surface area contributed by atoms with Gasteiger partial charge in [-0.1, -0.05) is 72.3 Å². The molecule has 0 aliphatic heterocycles. The molecule has 3 nitrogen and oxygen atoms in total. The van der Waals surface area contributed by atoms with Gasteiger partial charge in [0.05, 0.1) is 5.97 Å². The molecule has 0 N–H and O–H groups in total. The van der Waals surface area contributed by atoms with Crippen LogP contribution in [0.1, 0.15) is 38.0 Å². The highest BCUT2D eigenvalue weighted by Gasteiger charge is 2.20. The van der Waals surface area contributed by atoms with Crippen molar-refractivity contribution in [2.75, 3.05) is 0 Å². The van der Waals surface area contributed by atoms with Gasteiger partial charge in [0, 0.05) is 32.7 Å². The van der Waals surface area contributed by atoms with E-state index >= 15 is 0 Å². The van der Waals surface area contributed by atoms with E-state index in [1.807, 2.05) is 30.3 Å². The van der Waals surface area contributed by atoms with Gasteiger partial charge in [0.15, 0.2) is 5.78 Å². The quantitative estimate of drug-likeness (QED) is 0.425. The maximum atomic E-state index is 12.7. The van der Waals surface area contributed by atoms with E-state index in [1.54, 1.807) is 42.5 Å². The molecule has 0 unspecified atom stereocenters. The van der Waals surface area contributed by atoms with Gasteiger partial charge < -0.3 is 9.90 Å². The number of benzene rings is 3. The van der Waals surface area contributed by atoms with Crippen LogP contribution in [0.2, 0.25) is 5.02 Å². The molecule has 3 aromatic rings. The molecule has 0 heterocycles. The second-order valence-electron chi connectivity index (χ2n) is 5.93. The van der Waals surface area contributed by atoms with Crippen LogP contribution in [0.15, 0.2) is 83.8 Å². The van der Waals surface area contributed by atoms with Crippen molar-refractivity contribution < 1.29 is 14.7 Å². The van der Waals surface area contributed by atoms with E-state index in [-0.39, 0.29) is 23.0 Å². The number of Topliss-reactive ketones (excluding diaryl/α,β-unsaturated/α-hetero) is 1. The van der Waals surface area contributed by atoms with Gasteiger partial charge in [-0.25, -0.2) is 0 Å². The number of carbonyl (C=O) groups excluding carboxylic acids is 2. The molecule has 27 heavy (non-hydrogen) atoms. The molecule has 0 saturated carbocycles. The highest BCUT2D eigenvalue weighted by Crippen LogP contribution is 2.40. The molecule has 1 atom stereocenters. The van der Waals surface area contributed by atoms with Crippen LogP contribution in [0.5, 0.6) is 0 Å². The minimum Gasteiger partial charge on any atom is -0.545 e. The molecule has 136 valence electrons. The predicted octanol–water partition coefficient (Wildman–Crippen LogP) is 4.81. The lowest BCUT2D eigenvalue weighted by molar-refractivity contribution is -0.255. The van der Waals surface area contributed by atoms with Crippen molar-refractivity contribution in [3.63, 3.8) is 0 Å². The fraction of sp³-hybridized carbons (Fsp3) is 0.0909. The molecule has 3 aromatic carbocycles. The first-order valence-corrected chi connectivity index (χ1v) is 9.61. The Morgan fingerprint density at radius 2 is 1.52 bits per heavy atom. The number of hydrogen-bond acceptors (Lipinski definition) is 4. The van der Waals surface area contributed by atoms with Crippen molar-refractivity contribution in [3.8, 4) is 0 Å². The minimum atomic E-state index is -1.23. The monoisotopic (exact) mass is 395 g/mol. The Morgan fingerprint density at radius 3 is 2.19 bits per heavy atom. The zero-order valence-electron chi connectivity index (χ0n) is 14.3. The van der Waals surface area contributed by atoms with Gasteiger partial charge in [0.2, 0.25) is 0 Å². The predicted molar refractivity (Wildman–Crippen MR) is 106 cm³/mol. The summed E-state index contributed by atoms with van der Waals surface area (Å²) in [7, 11) is 0. The number of carboxylic acid groups (broad SMARTS) is 1. The molecular formula is C22H16ClO3S-. The molecule has 0 aromatic heterocycles. The SMILES string of the molecule is O=C(C[C@H](Sc1ccccc1C(=O)[O-])c1ccc(Cl)cc1)c1ccccc1. The van der Waals surface area contributed by atoms with E-state index in [2.05, 4.69) is 0 Å². The summed E-state index contributed by atoms with van der Waals surface area (Å²) in [6.45, 7) is 0. The maximum Gasteiger partial charge on any atom is 0.164 e. The van der Waals surface area contributed by atoms with E-state index in [0.29, 0.717) is 15.5 Å². The number of aromatic carboxylic acids is 1. The highest BCUT2D eigenvalue weighted by atomic mass is 35.5. The van der Waals surface area contributed by atoms with Crippen LogP contribution in [-0.4, -0.2) is 11.8 Å². The van der Waals surface area contributed by atoms with Crippen molar-refractivity contribution in [2.24, 2.45) is 0 Å². The molecule has 0 radical (unpaired) electrons. The second kappa shape index (κ2) is 8.89. The summed E-state index contributed by atoms with van der Waals surface area (Å²) in [5.74, 6) is -1.24. The molecule has 0 saturated heterocycles. The van der Waals surface area contributed by atoms with Crippen LogP contribution in [0, 0.1) is 0 Å². The van der Waals surface area contributed by atoms with Crippen LogP contribution in [0.3, 0.4) is 0 Å². The van der Waals surface area contributed by atoms with Gasteiger partial charge in [0.25, 0.3) is 0 Å². The fourth-order valence-corrected chi connectivity index (χ4v) is 4.10. The average Bonchev–Trinajstić information content (AvgIpc) is 2.69. The van der Waals surface area contributed by atoms with Gasteiger partial charge in [-0.2, -0.15) is 0 Å². The second-order valence-corrected chi connectivity index (χ2v) is 7.62. The Kier molecular flexibility index (Phi) is 6.32. The van der Waals surface area contributed by atoms with Crippen molar-refractivity contribution in [1.82, 2.24) is 0 Å². The van der Waals surface area contributed by atoms with Gasteiger partial charge >= 0.3 is 0 Å². The van der Waals surface area contributed by atoms with E-state index in [9.17, 15) is 14.7 Å². The number of halogens is 1. The third-order valence-electron chi connectivity index (χ3n) is 4.08. The largest absolute Gasteiger partial charge is 0.545 e. The van der Waals surface area contributed by atoms with Crippen LogP contribution < -0.4 is 5.11 Å². The summed E-state index contributed by atoms with van der Waals surface area (Å²) in [5, 5.41) is 11.8. The van der Waals surface area contributed by atoms with Crippen molar-refractivity contribution in [1.29, 1.82) is 0 Å². The van der Waals surface area contributed by atoms with E-state index in [4.69, 9.17) is 11.6 Å². The highest BCUT2D eigenvalue weighted by molar-refractivity contribution is 7.99. The number of thioether (sulfide) groups is 1. The number of carbonyl (C=O) groups is 2. The van der Waals surface area contributed by atoms with Crippen molar-refractivity contribution >= 4 is 35.1 Å². The van der Waals surface area contributed by atoms with Crippen molar-refractivity contribution in [2.45, 2.75) is 16.6 Å². The van der Waals surface area contributed by atoms with Gasteiger partial charge in [-0.05, 0) is 23.8 Å². The molecule has 0 amide bonds. The molecular weight excluding hydrogens is 380 g/mol. The standard InChI is InChI=1S/C22H17ClO3S/c23-17-12-10-16(11-13-17)21(14-19(24)15-6-2-1-3-7-15)27-20-9-5-4-8-18(20)22(25)26/h1-13,21H,14H2,(H,25,26)/p-1/t21-/m0/s1. The number of rotatable bonds is 7. The van der Waals surface area contributed by atoms with Crippen LogP contribution in [0.4, 0.5) is 0 Å². The Balaban J connectivity index is 1.92. The molecule has 5 heteroatoms. The van der Waals surface area contributed by atoms with Gasteiger partial charge in [0.1, 0.15) is 0 Å².